The number of hydrogen-bond acceptors (Lipinski definition) is 15. The van der Waals surface area contributed by atoms with Crippen molar-refractivity contribution in [1.82, 2.24) is 60.3 Å². The molecule has 20 heteroatoms. The summed E-state index contributed by atoms with van der Waals surface area (Å²) in [5.74, 6) is 0.841. The summed E-state index contributed by atoms with van der Waals surface area (Å²) in [6.45, 7) is 23.8. The van der Waals surface area contributed by atoms with Crippen molar-refractivity contribution in [3.8, 4) is 11.3 Å². The number of aromatic amines is 1. The largest absolute Gasteiger partial charge is 0.369 e. The summed E-state index contributed by atoms with van der Waals surface area (Å²) in [7, 11) is 1.86. The fourth-order valence-electron chi connectivity index (χ4n) is 11.8. The van der Waals surface area contributed by atoms with Crippen LogP contribution in [0, 0.1) is 5.92 Å². The maximum Gasteiger partial charge on any atom is 0.262 e. The van der Waals surface area contributed by atoms with Crippen LogP contribution in [0.2, 0.25) is 0 Å². The Labute approximate surface area is 419 Å². The highest BCUT2D eigenvalue weighted by Crippen LogP contribution is 2.38. The smallest absolute Gasteiger partial charge is 0.262 e. The van der Waals surface area contributed by atoms with Gasteiger partial charge in [-0.3, -0.25) is 39.0 Å². The predicted octanol–water partition coefficient (Wildman–Crippen LogP) is 4.14. The van der Waals surface area contributed by atoms with Gasteiger partial charge in [0.05, 0.1) is 27.8 Å². The number of benzene rings is 2. The monoisotopic (exact) mass is 977 g/mol. The van der Waals surface area contributed by atoms with Crippen molar-refractivity contribution in [3.63, 3.8) is 0 Å². The molecular formula is C52H64N16O4. The van der Waals surface area contributed by atoms with E-state index < -0.39 is 23.4 Å². The summed E-state index contributed by atoms with van der Waals surface area (Å²) in [5.41, 5.74) is 6.21. The molecule has 0 spiro atoms. The van der Waals surface area contributed by atoms with E-state index in [2.05, 4.69) is 75.3 Å². The minimum Gasteiger partial charge on any atom is -0.369 e. The molecule has 1 unspecified atom stereocenters. The second kappa shape index (κ2) is 18.9. The Morgan fingerprint density at radius 1 is 0.875 bits per heavy atom. The molecule has 2 aromatic carbocycles. The van der Waals surface area contributed by atoms with Gasteiger partial charge in [-0.15, -0.1) is 0 Å². The van der Waals surface area contributed by atoms with Crippen LogP contribution in [-0.4, -0.2) is 176 Å². The minimum absolute atomic E-state index is 0.219. The van der Waals surface area contributed by atoms with Crippen LogP contribution in [0.25, 0.3) is 22.2 Å². The molecule has 0 bridgehead atoms. The zero-order valence-corrected chi connectivity index (χ0v) is 41.9. The number of nitrogens with zero attached hydrogens (tertiary/aromatic N) is 13. The molecule has 20 nitrogen and oxygen atoms in total. The van der Waals surface area contributed by atoms with E-state index in [0.29, 0.717) is 58.8 Å². The standard InChI is InChI=1S/C52H64N16O4/c1-32-7-12-43(47(69)54-32)67-49(71)39-10-9-38(29-40(39)50(67)72)65-23-20-63(21-24-65)31-35-14-17-62(18-15-35)19-22-64-25-26-66(30-33(64)2)44-27-36(13-16-53-44)46-41-28-37(8-11-42(41)56-57-46)55-48(70)45-34(3)61(6)51-58-59-60-68(51)52(45,4)5/h8-11,13,16,27-29,33,35,43H,1,7,12,14-15,17-26,30-31H2,2-6H3,(H,54,69)(H,55,70)(H,56,57)/t33-,43?/m0/s1. The number of pyridine rings is 1. The Morgan fingerprint density at radius 2 is 1.65 bits per heavy atom. The fraction of sp³-hybridized carbons (Fsp3) is 0.481. The van der Waals surface area contributed by atoms with Crippen LogP contribution in [0.5, 0.6) is 0 Å². The van der Waals surface area contributed by atoms with Gasteiger partial charge >= 0.3 is 0 Å². The Morgan fingerprint density at radius 3 is 2.43 bits per heavy atom. The molecule has 3 N–H and O–H groups in total. The van der Waals surface area contributed by atoms with Gasteiger partial charge in [0.15, 0.2) is 0 Å². The maximum atomic E-state index is 13.9. The highest BCUT2D eigenvalue weighted by molar-refractivity contribution is 6.23. The number of fused-ring (bicyclic) bond motifs is 3. The van der Waals surface area contributed by atoms with Crippen molar-refractivity contribution in [1.29, 1.82) is 0 Å². The van der Waals surface area contributed by atoms with Crippen molar-refractivity contribution in [2.45, 2.75) is 71.0 Å². The van der Waals surface area contributed by atoms with Crippen LogP contribution in [0.4, 0.5) is 23.1 Å². The van der Waals surface area contributed by atoms with Gasteiger partial charge in [0, 0.05) is 118 Å². The molecule has 4 amide bonds. The number of piperidine rings is 2. The molecule has 0 radical (unpaired) electrons. The van der Waals surface area contributed by atoms with Gasteiger partial charge in [-0.05, 0) is 131 Å². The Hall–Kier alpha value is -7.03. The van der Waals surface area contributed by atoms with E-state index in [1.165, 1.54) is 12.8 Å². The Balaban J connectivity index is 0.633. The number of piperazine rings is 2. The number of aromatic nitrogens is 7. The SMILES string of the molecule is C=C1CCC(N2C(=O)c3ccc(N4CCN(CC5CCN(CCN6CCN(c7cc(-c8n[nH]c9ccc(NC(=O)C%10=C(C)N(C)c%11nnnn%11C%10(C)C)cc89)ccn7)C[C@@H]6C)CC5)CC4)cc3C2=O)C(=O)N1. The number of carbonyl (C=O) groups is 4. The molecule has 4 fully saturated rings. The van der Waals surface area contributed by atoms with Crippen LogP contribution in [0.15, 0.2) is 78.3 Å². The lowest BCUT2D eigenvalue weighted by Gasteiger charge is -2.42. The molecule has 3 aromatic heterocycles. The predicted molar refractivity (Wildman–Crippen MR) is 275 cm³/mol. The zero-order valence-electron chi connectivity index (χ0n) is 41.9. The van der Waals surface area contributed by atoms with Crippen LogP contribution in [-0.2, 0) is 15.1 Å². The number of anilines is 4. The van der Waals surface area contributed by atoms with E-state index in [1.807, 2.05) is 75.3 Å². The molecule has 11 rings (SSSR count). The molecule has 0 aliphatic carbocycles. The highest BCUT2D eigenvalue weighted by Gasteiger charge is 2.45. The lowest BCUT2D eigenvalue weighted by molar-refractivity contribution is -0.125. The van der Waals surface area contributed by atoms with Crippen molar-refractivity contribution in [2.24, 2.45) is 5.92 Å². The molecule has 9 heterocycles. The molecule has 4 saturated heterocycles. The number of allylic oxidation sites excluding steroid dienone is 2. The van der Waals surface area contributed by atoms with Gasteiger partial charge in [-0.25, -0.2) is 9.67 Å². The van der Waals surface area contributed by atoms with E-state index in [-0.39, 0.29) is 11.8 Å². The first-order chi connectivity index (χ1) is 34.7. The average molecular weight is 977 g/mol. The van der Waals surface area contributed by atoms with E-state index in [1.54, 1.807) is 10.7 Å². The van der Waals surface area contributed by atoms with Gasteiger partial charge in [0.2, 0.25) is 11.9 Å². The van der Waals surface area contributed by atoms with Gasteiger partial charge in [0.1, 0.15) is 17.6 Å². The molecule has 6 aliphatic heterocycles. The van der Waals surface area contributed by atoms with Gasteiger partial charge < -0.3 is 30.2 Å². The lowest BCUT2D eigenvalue weighted by atomic mass is 9.89. The summed E-state index contributed by atoms with van der Waals surface area (Å²) in [6, 6.07) is 15.0. The minimum atomic E-state index is -0.807. The number of amides is 4. The van der Waals surface area contributed by atoms with Crippen LogP contribution in [0.1, 0.15) is 74.1 Å². The molecule has 376 valence electrons. The summed E-state index contributed by atoms with van der Waals surface area (Å²) in [4.78, 5) is 73.6. The van der Waals surface area contributed by atoms with E-state index in [0.717, 1.165) is 123 Å². The Bertz CT molecular complexity index is 3000. The summed E-state index contributed by atoms with van der Waals surface area (Å²) in [6.07, 6.45) is 5.20. The molecule has 2 atom stereocenters. The van der Waals surface area contributed by atoms with Crippen molar-refractivity contribution >= 4 is 57.7 Å². The van der Waals surface area contributed by atoms with E-state index in [4.69, 9.17) is 10.1 Å². The van der Waals surface area contributed by atoms with Crippen LogP contribution < -0.4 is 25.3 Å². The second-order valence-electron chi connectivity index (χ2n) is 20.9. The first kappa shape index (κ1) is 47.3. The van der Waals surface area contributed by atoms with Crippen molar-refractivity contribution in [2.75, 3.05) is 106 Å². The summed E-state index contributed by atoms with van der Waals surface area (Å²) >= 11 is 0. The normalized spacial score (nSPS) is 22.5. The van der Waals surface area contributed by atoms with E-state index in [9.17, 15) is 19.2 Å². The second-order valence-corrected chi connectivity index (χ2v) is 20.9. The first-order valence-corrected chi connectivity index (χ1v) is 25.4. The molecule has 5 aromatic rings. The third kappa shape index (κ3) is 8.67. The number of imide groups is 1. The highest BCUT2D eigenvalue weighted by atomic mass is 16.2. The number of tetrazole rings is 1. The molecule has 72 heavy (non-hydrogen) atoms. The van der Waals surface area contributed by atoms with Gasteiger partial charge in [-0.2, -0.15) is 5.10 Å². The first-order valence-electron chi connectivity index (χ1n) is 25.4. The summed E-state index contributed by atoms with van der Waals surface area (Å²) in [5, 5.41) is 26.9. The topological polar surface area (TPSA) is 200 Å². The number of carbonyl (C=O) groups excluding carboxylic acids is 4. The quantitative estimate of drug-likeness (QED) is 0.160. The molecular weight excluding hydrogens is 913 g/mol. The number of nitrogens with one attached hydrogen (secondary N) is 3. The van der Waals surface area contributed by atoms with Crippen molar-refractivity contribution < 1.29 is 19.2 Å². The third-order valence-corrected chi connectivity index (χ3v) is 16.1. The summed E-state index contributed by atoms with van der Waals surface area (Å²) < 4.78 is 1.68. The van der Waals surface area contributed by atoms with E-state index >= 15 is 0 Å². The fourth-order valence-corrected chi connectivity index (χ4v) is 11.8. The van der Waals surface area contributed by atoms with Gasteiger partial charge in [-0.1, -0.05) is 11.7 Å². The van der Waals surface area contributed by atoms with Crippen LogP contribution >= 0.6 is 0 Å². The molecule has 0 saturated carbocycles. The Kier molecular flexibility index (Phi) is 12.4. The number of hydrogen-bond donors (Lipinski definition) is 3. The number of likely N-dealkylation sites (tertiary alicyclic amines) is 1. The average Bonchev–Trinajstić information content (AvgIpc) is 4.11. The van der Waals surface area contributed by atoms with Gasteiger partial charge in [0.25, 0.3) is 17.7 Å². The number of rotatable bonds is 11. The molecule has 6 aliphatic rings. The maximum absolute atomic E-state index is 13.9. The number of H-pyrrole nitrogens is 1. The lowest BCUT2D eigenvalue weighted by Crippen LogP contribution is -2.54. The zero-order chi connectivity index (χ0) is 50.0. The third-order valence-electron chi connectivity index (χ3n) is 16.1. The van der Waals surface area contributed by atoms with Crippen LogP contribution in [0.3, 0.4) is 0 Å². The van der Waals surface area contributed by atoms with Crippen molar-refractivity contribution in [3.05, 3.63) is 89.4 Å².